The first-order valence-corrected chi connectivity index (χ1v) is 15.4. The molecule has 1 aliphatic heterocycles. The van der Waals surface area contributed by atoms with E-state index in [1.165, 1.54) is 16.2 Å². The topological polar surface area (TPSA) is 89.0 Å². The molecule has 0 aliphatic carbocycles. The largest absolute Gasteiger partial charge is 0.507 e. The van der Waals surface area contributed by atoms with Crippen molar-refractivity contribution in [2.45, 2.75) is 39.7 Å². The van der Waals surface area contributed by atoms with Crippen LogP contribution in [0.25, 0.3) is 16.0 Å². The molecule has 1 aromatic heterocycles. The van der Waals surface area contributed by atoms with E-state index in [0.29, 0.717) is 40.1 Å². The summed E-state index contributed by atoms with van der Waals surface area (Å²) in [5.74, 6) is -0.0686. The van der Waals surface area contributed by atoms with Crippen LogP contribution in [-0.2, 0) is 9.59 Å². The van der Waals surface area contributed by atoms with E-state index in [0.717, 1.165) is 34.2 Å². The van der Waals surface area contributed by atoms with E-state index >= 15 is 0 Å². The van der Waals surface area contributed by atoms with Crippen molar-refractivity contribution in [3.05, 3.63) is 119 Å². The maximum atomic E-state index is 13.8. The quantitative estimate of drug-likeness (QED) is 0.0785. The normalized spacial score (nSPS) is 16.1. The number of aliphatic hydroxyl groups excluding tert-OH is 1. The molecule has 0 radical (unpaired) electrons. The number of anilines is 1. The molecule has 1 N–H and O–H groups in total. The van der Waals surface area contributed by atoms with Crippen LogP contribution in [0.1, 0.15) is 48.1 Å². The Kier molecular flexibility index (Phi) is 8.17. The van der Waals surface area contributed by atoms with Gasteiger partial charge in [-0.3, -0.25) is 14.5 Å². The minimum absolute atomic E-state index is 0.0234. The third-order valence-corrected chi connectivity index (χ3v) is 8.50. The Hall–Kier alpha value is -4.95. The Morgan fingerprint density at radius 2 is 1.66 bits per heavy atom. The first kappa shape index (κ1) is 29.1. The Labute approximate surface area is 260 Å². The fourth-order valence-corrected chi connectivity index (χ4v) is 6.57. The Morgan fingerprint density at radius 1 is 0.909 bits per heavy atom. The lowest BCUT2D eigenvalue weighted by Crippen LogP contribution is -2.29. The van der Waals surface area contributed by atoms with E-state index in [1.54, 1.807) is 30.3 Å². The van der Waals surface area contributed by atoms with Crippen molar-refractivity contribution in [3.63, 3.8) is 0 Å². The number of hydrogen-bond donors (Lipinski definition) is 1. The summed E-state index contributed by atoms with van der Waals surface area (Å²) in [6, 6.07) is 26.7. The van der Waals surface area contributed by atoms with Gasteiger partial charge in [-0.2, -0.15) is 0 Å². The van der Waals surface area contributed by atoms with Gasteiger partial charge in [0.05, 0.1) is 28.4 Å². The maximum Gasteiger partial charge on any atom is 0.301 e. The zero-order chi connectivity index (χ0) is 30.8. The highest BCUT2D eigenvalue weighted by Gasteiger charge is 2.48. The van der Waals surface area contributed by atoms with Gasteiger partial charge < -0.3 is 14.6 Å². The van der Waals surface area contributed by atoms with Crippen molar-refractivity contribution in [3.8, 4) is 17.2 Å². The zero-order valence-corrected chi connectivity index (χ0v) is 25.6. The van der Waals surface area contributed by atoms with Crippen LogP contribution in [-0.4, -0.2) is 28.4 Å². The van der Waals surface area contributed by atoms with Crippen LogP contribution in [0, 0.1) is 13.8 Å². The van der Waals surface area contributed by atoms with E-state index in [4.69, 9.17) is 14.5 Å². The number of unbranched alkanes of at least 4 members (excludes halogenated alkanes) is 1. The van der Waals surface area contributed by atoms with Gasteiger partial charge in [-0.15, -0.1) is 0 Å². The average molecular weight is 605 g/mol. The minimum atomic E-state index is -0.944. The van der Waals surface area contributed by atoms with Crippen LogP contribution in [0.4, 0.5) is 5.13 Å². The molecular formula is C36H32N2O5S. The standard InChI is InChI=1S/C36H32N2O5S/c1-4-5-17-42-27-15-10-12-25(21-27)33(39)30-32(24-11-9-16-28(20-24)43-26-13-7-6-8-14-26)38(35(41)34(30)40)36-37-31-23(3)18-22(2)19-29(31)44-36/h6-16,18-21,32,39H,4-5,17H2,1-3H3/b33-30+. The Balaban J connectivity index is 1.49. The van der Waals surface area contributed by atoms with E-state index in [1.807, 2.05) is 74.5 Å². The number of fused-ring (bicyclic) bond motifs is 1. The highest BCUT2D eigenvalue weighted by Crippen LogP contribution is 2.45. The van der Waals surface area contributed by atoms with Gasteiger partial charge in [-0.25, -0.2) is 4.98 Å². The third-order valence-electron chi connectivity index (χ3n) is 7.50. The van der Waals surface area contributed by atoms with Gasteiger partial charge in [0.2, 0.25) is 0 Å². The van der Waals surface area contributed by atoms with Crippen LogP contribution in [0.2, 0.25) is 0 Å². The van der Waals surface area contributed by atoms with Gasteiger partial charge in [-0.05, 0) is 79.4 Å². The second-order valence-electron chi connectivity index (χ2n) is 10.8. The molecule has 2 heterocycles. The molecule has 1 unspecified atom stereocenters. The van der Waals surface area contributed by atoms with E-state index in [-0.39, 0.29) is 11.3 Å². The number of hydrogen-bond acceptors (Lipinski definition) is 7. The lowest BCUT2D eigenvalue weighted by molar-refractivity contribution is -0.132. The minimum Gasteiger partial charge on any atom is -0.507 e. The van der Waals surface area contributed by atoms with Crippen LogP contribution in [0.5, 0.6) is 17.2 Å². The number of Topliss-reactive ketones (excluding diaryl/α,β-unsaturated/α-hetero) is 1. The van der Waals surface area contributed by atoms with Gasteiger partial charge in [0.25, 0.3) is 5.78 Å². The van der Waals surface area contributed by atoms with Crippen molar-refractivity contribution in [2.24, 2.45) is 0 Å². The van der Waals surface area contributed by atoms with Gasteiger partial charge in [-0.1, -0.05) is 73.2 Å². The van der Waals surface area contributed by atoms with Gasteiger partial charge in [0.1, 0.15) is 23.0 Å². The van der Waals surface area contributed by atoms with Crippen molar-refractivity contribution in [1.29, 1.82) is 0 Å². The SMILES string of the molecule is CCCCOc1cccc(/C(O)=C2\C(=O)C(=O)N(c3nc4c(C)cc(C)cc4s3)C2c2cccc(Oc3ccccc3)c2)c1. The molecule has 1 atom stereocenters. The summed E-state index contributed by atoms with van der Waals surface area (Å²) in [6.07, 6.45) is 1.88. The molecule has 1 amide bonds. The molecule has 0 saturated carbocycles. The van der Waals surface area contributed by atoms with Crippen LogP contribution >= 0.6 is 11.3 Å². The molecule has 7 nitrogen and oxygen atoms in total. The molecule has 1 saturated heterocycles. The fourth-order valence-electron chi connectivity index (χ4n) is 5.40. The van der Waals surface area contributed by atoms with E-state index < -0.39 is 17.7 Å². The lowest BCUT2D eigenvalue weighted by Gasteiger charge is -2.23. The summed E-state index contributed by atoms with van der Waals surface area (Å²) in [7, 11) is 0. The summed E-state index contributed by atoms with van der Waals surface area (Å²) >= 11 is 1.34. The summed E-state index contributed by atoms with van der Waals surface area (Å²) in [5.41, 5.74) is 3.79. The summed E-state index contributed by atoms with van der Waals surface area (Å²) < 4.78 is 12.9. The molecule has 222 valence electrons. The first-order valence-electron chi connectivity index (χ1n) is 14.6. The number of carbonyl (C=O) groups is 2. The van der Waals surface area contributed by atoms with Gasteiger partial charge in [0.15, 0.2) is 5.13 Å². The van der Waals surface area contributed by atoms with Crippen LogP contribution < -0.4 is 14.4 Å². The average Bonchev–Trinajstić information content (AvgIpc) is 3.56. The number of nitrogens with zero attached hydrogens (tertiary/aromatic N) is 2. The zero-order valence-electron chi connectivity index (χ0n) is 24.7. The number of aliphatic hydroxyl groups is 1. The van der Waals surface area contributed by atoms with Gasteiger partial charge >= 0.3 is 5.91 Å². The number of benzene rings is 4. The third kappa shape index (κ3) is 5.68. The monoisotopic (exact) mass is 604 g/mol. The Bertz CT molecular complexity index is 1900. The molecule has 8 heteroatoms. The molecule has 0 spiro atoms. The second kappa shape index (κ2) is 12.3. The molecule has 44 heavy (non-hydrogen) atoms. The first-order chi connectivity index (χ1) is 21.3. The smallest absolute Gasteiger partial charge is 0.301 e. The summed E-state index contributed by atoms with van der Waals surface area (Å²) in [4.78, 5) is 33.8. The molecule has 6 rings (SSSR count). The van der Waals surface area contributed by atoms with E-state index in [2.05, 4.69) is 6.92 Å². The summed E-state index contributed by atoms with van der Waals surface area (Å²) in [5, 5.41) is 12.1. The lowest BCUT2D eigenvalue weighted by atomic mass is 9.95. The number of amides is 1. The van der Waals surface area contributed by atoms with Crippen molar-refractivity contribution >= 4 is 44.1 Å². The molecule has 1 fully saturated rings. The number of carbonyl (C=O) groups excluding carboxylic acids is 2. The molecule has 4 aromatic carbocycles. The van der Waals surface area contributed by atoms with Crippen molar-refractivity contribution in [2.75, 3.05) is 11.5 Å². The maximum absolute atomic E-state index is 13.8. The number of para-hydroxylation sites is 1. The van der Waals surface area contributed by atoms with Crippen molar-refractivity contribution < 1.29 is 24.2 Å². The van der Waals surface area contributed by atoms with Crippen molar-refractivity contribution in [1.82, 2.24) is 4.98 Å². The predicted octanol–water partition coefficient (Wildman–Crippen LogP) is 8.51. The molecule has 0 bridgehead atoms. The fraction of sp³-hybridized carbons (Fsp3) is 0.194. The number of rotatable bonds is 9. The highest BCUT2D eigenvalue weighted by atomic mass is 32.1. The van der Waals surface area contributed by atoms with E-state index in [9.17, 15) is 14.7 Å². The van der Waals surface area contributed by atoms with Crippen LogP contribution in [0.3, 0.4) is 0 Å². The molecular weight excluding hydrogens is 572 g/mol. The predicted molar refractivity (Wildman–Crippen MR) is 174 cm³/mol. The number of thiazole rings is 1. The van der Waals surface area contributed by atoms with Gasteiger partial charge in [0, 0.05) is 5.56 Å². The van der Waals surface area contributed by atoms with Crippen LogP contribution in [0.15, 0.2) is 96.6 Å². The number of aryl methyl sites for hydroxylation is 2. The number of ether oxygens (including phenoxy) is 2. The number of ketones is 1. The molecule has 1 aliphatic rings. The summed E-state index contributed by atoms with van der Waals surface area (Å²) in [6.45, 7) is 6.61. The second-order valence-corrected chi connectivity index (χ2v) is 11.8. The Morgan fingerprint density at radius 3 is 2.45 bits per heavy atom. The highest BCUT2D eigenvalue weighted by molar-refractivity contribution is 7.22. The molecule has 5 aromatic rings. The number of aromatic nitrogens is 1.